The van der Waals surface area contributed by atoms with Crippen LogP contribution >= 0.6 is 0 Å². The van der Waals surface area contributed by atoms with Gasteiger partial charge in [-0.05, 0) is 59.0 Å². The van der Waals surface area contributed by atoms with Crippen molar-refractivity contribution in [3.8, 4) is 11.1 Å². The molecule has 1 aliphatic rings. The first-order valence-electron chi connectivity index (χ1n) is 8.61. The lowest BCUT2D eigenvalue weighted by Crippen LogP contribution is -2.14. The van der Waals surface area contributed by atoms with Gasteiger partial charge in [0.1, 0.15) is 5.82 Å². The molecule has 4 rings (SSSR count). The van der Waals surface area contributed by atoms with Crippen molar-refractivity contribution in [2.75, 3.05) is 10.6 Å². The molecule has 0 heterocycles. The lowest BCUT2D eigenvalue weighted by atomic mass is 10.1. The maximum absolute atomic E-state index is 13.8. The smallest absolute Gasteiger partial charge is 0.255 e. The van der Waals surface area contributed by atoms with Crippen LogP contribution in [0, 0.1) is 5.82 Å². The molecule has 3 aromatic carbocycles. The third kappa shape index (κ3) is 3.31. The number of hydrogen-bond donors (Lipinski definition) is 2. The van der Waals surface area contributed by atoms with E-state index in [0.29, 0.717) is 5.69 Å². The van der Waals surface area contributed by atoms with Crippen molar-refractivity contribution >= 4 is 23.2 Å². The molecule has 1 aliphatic carbocycles. The number of carbonyl (C=O) groups is 2. The van der Waals surface area contributed by atoms with Gasteiger partial charge in [-0.15, -0.1) is 0 Å². The maximum atomic E-state index is 13.8. The van der Waals surface area contributed by atoms with Gasteiger partial charge in [0.2, 0.25) is 5.91 Å². The van der Waals surface area contributed by atoms with E-state index < -0.39 is 11.7 Å². The molecule has 0 unspecified atom stereocenters. The molecule has 5 heteroatoms. The van der Waals surface area contributed by atoms with Gasteiger partial charge in [-0.2, -0.15) is 0 Å². The van der Waals surface area contributed by atoms with E-state index in [4.69, 9.17) is 0 Å². The Hall–Kier alpha value is -3.47. The van der Waals surface area contributed by atoms with E-state index in [1.807, 2.05) is 30.3 Å². The Balaban J connectivity index is 1.56. The van der Waals surface area contributed by atoms with Gasteiger partial charge < -0.3 is 10.6 Å². The molecular weight excluding hydrogens is 343 g/mol. The zero-order chi connectivity index (χ0) is 19.0. The van der Waals surface area contributed by atoms with Crippen LogP contribution in [0.15, 0.2) is 60.7 Å². The summed E-state index contributed by atoms with van der Waals surface area (Å²) >= 11 is 0. The summed E-state index contributed by atoms with van der Waals surface area (Å²) in [6.45, 7) is 1.29. The fourth-order valence-electron chi connectivity index (χ4n) is 3.38. The fraction of sp³-hybridized carbons (Fsp3) is 0.0909. The van der Waals surface area contributed by atoms with Crippen molar-refractivity contribution < 1.29 is 14.0 Å². The average molecular weight is 360 g/mol. The highest BCUT2D eigenvalue weighted by Gasteiger charge is 2.18. The summed E-state index contributed by atoms with van der Waals surface area (Å²) in [7, 11) is 0. The molecule has 0 saturated heterocycles. The Morgan fingerprint density at radius 1 is 0.889 bits per heavy atom. The van der Waals surface area contributed by atoms with Crippen molar-refractivity contribution in [3.63, 3.8) is 0 Å². The first-order chi connectivity index (χ1) is 13.0. The van der Waals surface area contributed by atoms with Gasteiger partial charge in [0.15, 0.2) is 0 Å². The zero-order valence-electron chi connectivity index (χ0n) is 14.7. The minimum Gasteiger partial charge on any atom is -0.324 e. The monoisotopic (exact) mass is 360 g/mol. The van der Waals surface area contributed by atoms with Crippen molar-refractivity contribution in [1.29, 1.82) is 0 Å². The summed E-state index contributed by atoms with van der Waals surface area (Å²) in [6.07, 6.45) is 0.832. The van der Waals surface area contributed by atoms with Crippen LogP contribution in [0.25, 0.3) is 11.1 Å². The summed E-state index contributed by atoms with van der Waals surface area (Å²) < 4.78 is 13.8. The van der Waals surface area contributed by atoms with Gasteiger partial charge in [-0.1, -0.05) is 30.3 Å². The molecule has 0 bridgehead atoms. The topological polar surface area (TPSA) is 58.2 Å². The number of anilines is 2. The quantitative estimate of drug-likeness (QED) is 0.561. The first-order valence-corrected chi connectivity index (χ1v) is 8.61. The average Bonchev–Trinajstić information content (AvgIpc) is 3.00. The molecule has 2 amide bonds. The third-order valence-electron chi connectivity index (χ3n) is 4.59. The largest absolute Gasteiger partial charge is 0.324 e. The molecular formula is C22H17FN2O2. The minimum absolute atomic E-state index is 0.0143. The number of carbonyl (C=O) groups excluding carboxylic acids is 2. The van der Waals surface area contributed by atoms with Crippen molar-refractivity contribution in [2.45, 2.75) is 13.3 Å². The Bertz CT molecular complexity index is 1080. The summed E-state index contributed by atoms with van der Waals surface area (Å²) in [5, 5.41) is 5.22. The van der Waals surface area contributed by atoms with E-state index in [9.17, 15) is 14.0 Å². The third-order valence-corrected chi connectivity index (χ3v) is 4.59. The highest BCUT2D eigenvalue weighted by atomic mass is 19.1. The second-order valence-electron chi connectivity index (χ2n) is 6.54. The van der Waals surface area contributed by atoms with Crippen LogP contribution < -0.4 is 10.6 Å². The first kappa shape index (κ1) is 17.0. The van der Waals surface area contributed by atoms with Crippen molar-refractivity contribution in [3.05, 3.63) is 83.2 Å². The van der Waals surface area contributed by atoms with E-state index in [0.717, 1.165) is 12.0 Å². The van der Waals surface area contributed by atoms with Crippen molar-refractivity contribution in [2.24, 2.45) is 0 Å². The van der Waals surface area contributed by atoms with Gasteiger partial charge in [-0.3, -0.25) is 9.59 Å². The van der Waals surface area contributed by atoms with Gasteiger partial charge in [-0.25, -0.2) is 4.39 Å². The standard InChI is InChI=1S/C22H17FN2O2/c1-13(26)24-21-12-15(6-9-20(21)23)22(27)25-17-7-8-19-16(11-17)10-14-4-2-3-5-18(14)19/h2-9,11-12H,10H2,1H3,(H,24,26)(H,25,27). The Morgan fingerprint density at radius 3 is 2.48 bits per heavy atom. The predicted octanol–water partition coefficient (Wildman–Crippen LogP) is 4.61. The molecule has 0 atom stereocenters. The van der Waals surface area contributed by atoms with Crippen LogP contribution in [0.1, 0.15) is 28.4 Å². The number of amides is 2. The molecule has 0 spiro atoms. The lowest BCUT2D eigenvalue weighted by molar-refractivity contribution is -0.114. The maximum Gasteiger partial charge on any atom is 0.255 e. The van der Waals surface area contributed by atoms with Crippen LogP contribution in [0.4, 0.5) is 15.8 Å². The highest BCUT2D eigenvalue weighted by molar-refractivity contribution is 6.05. The van der Waals surface area contributed by atoms with E-state index in [1.54, 1.807) is 0 Å². The second-order valence-corrected chi connectivity index (χ2v) is 6.54. The lowest BCUT2D eigenvalue weighted by Gasteiger charge is -2.10. The number of hydrogen-bond acceptors (Lipinski definition) is 2. The Kier molecular flexibility index (Phi) is 4.20. The van der Waals surface area contributed by atoms with Gasteiger partial charge in [0.05, 0.1) is 5.69 Å². The van der Waals surface area contributed by atoms with Crippen LogP contribution in [0.2, 0.25) is 0 Å². The van der Waals surface area contributed by atoms with Crippen molar-refractivity contribution in [1.82, 2.24) is 0 Å². The molecule has 0 aliphatic heterocycles. The van der Waals surface area contributed by atoms with E-state index in [1.165, 1.54) is 41.8 Å². The summed E-state index contributed by atoms with van der Waals surface area (Å²) in [5.41, 5.74) is 5.77. The molecule has 27 heavy (non-hydrogen) atoms. The van der Waals surface area contributed by atoms with Gasteiger partial charge in [0.25, 0.3) is 5.91 Å². The summed E-state index contributed by atoms with van der Waals surface area (Å²) in [5.74, 6) is -1.35. The number of halogens is 1. The van der Waals surface area contributed by atoms with E-state index in [-0.39, 0.29) is 17.2 Å². The molecule has 4 nitrogen and oxygen atoms in total. The summed E-state index contributed by atoms with van der Waals surface area (Å²) in [6, 6.07) is 18.0. The van der Waals surface area contributed by atoms with Crippen LogP contribution in [0.5, 0.6) is 0 Å². The minimum atomic E-state index is -0.586. The van der Waals surface area contributed by atoms with Crippen LogP contribution in [-0.2, 0) is 11.2 Å². The molecule has 2 N–H and O–H groups in total. The summed E-state index contributed by atoms with van der Waals surface area (Å²) in [4.78, 5) is 23.7. The number of fused-ring (bicyclic) bond motifs is 3. The highest BCUT2D eigenvalue weighted by Crippen LogP contribution is 2.37. The van der Waals surface area contributed by atoms with Gasteiger partial charge >= 0.3 is 0 Å². The second kappa shape index (κ2) is 6.68. The fourth-order valence-corrected chi connectivity index (χ4v) is 3.38. The number of nitrogens with one attached hydrogen (secondary N) is 2. The Labute approximate surface area is 156 Å². The molecule has 0 saturated carbocycles. The van der Waals surface area contributed by atoms with Crippen LogP contribution in [0.3, 0.4) is 0 Å². The molecule has 0 aromatic heterocycles. The molecule has 0 fully saturated rings. The zero-order valence-corrected chi connectivity index (χ0v) is 14.7. The normalized spacial score (nSPS) is 11.5. The van der Waals surface area contributed by atoms with Crippen LogP contribution in [-0.4, -0.2) is 11.8 Å². The van der Waals surface area contributed by atoms with E-state index in [2.05, 4.69) is 22.8 Å². The molecule has 134 valence electrons. The predicted molar refractivity (Wildman–Crippen MR) is 103 cm³/mol. The SMILES string of the molecule is CC(=O)Nc1cc(C(=O)Nc2ccc3c(c2)Cc2ccccc2-3)ccc1F. The number of rotatable bonds is 3. The van der Waals surface area contributed by atoms with Gasteiger partial charge in [0, 0.05) is 18.2 Å². The molecule has 3 aromatic rings. The van der Waals surface area contributed by atoms with E-state index >= 15 is 0 Å². The Morgan fingerprint density at radius 2 is 1.67 bits per heavy atom. The molecule has 0 radical (unpaired) electrons. The number of benzene rings is 3.